The van der Waals surface area contributed by atoms with Crippen LogP contribution in [0.4, 0.5) is 0 Å². The molecule has 3 heterocycles. The van der Waals surface area contributed by atoms with Crippen LogP contribution in [0.3, 0.4) is 0 Å². The average molecular weight is 898 g/mol. The minimum absolute atomic E-state index is 0. The van der Waals surface area contributed by atoms with Gasteiger partial charge in [-0.25, -0.2) is 0 Å². The van der Waals surface area contributed by atoms with Gasteiger partial charge in [-0.15, -0.1) is 54.1 Å². The molecule has 1 saturated carbocycles. The molecule has 0 atom stereocenters. The molecule has 0 unspecified atom stereocenters. The first-order chi connectivity index (χ1) is 27.8. The van der Waals surface area contributed by atoms with Crippen LogP contribution in [0.15, 0.2) is 120 Å². The molecule has 1 fully saturated rings. The molecule has 1 aliphatic carbocycles. The summed E-state index contributed by atoms with van der Waals surface area (Å²) in [5, 5.41) is 3.11. The Balaban J connectivity index is 0.000000243. The van der Waals surface area contributed by atoms with Crippen molar-refractivity contribution in [3.05, 3.63) is 139 Å². The van der Waals surface area contributed by atoms with Crippen molar-refractivity contribution in [3.8, 4) is 33.6 Å². The third kappa shape index (κ3) is 8.18. The van der Waals surface area contributed by atoms with Crippen LogP contribution in [-0.2, 0) is 25.5 Å². The number of furan rings is 1. The summed E-state index contributed by atoms with van der Waals surface area (Å²) in [7, 11) is -1.50. The first-order valence-corrected chi connectivity index (χ1v) is 21.7. The summed E-state index contributed by atoms with van der Waals surface area (Å²) in [5.74, 6) is -1.09. The van der Waals surface area contributed by atoms with E-state index in [1.165, 1.54) is 11.4 Å². The van der Waals surface area contributed by atoms with Gasteiger partial charge in [0.25, 0.3) is 0 Å². The summed E-state index contributed by atoms with van der Waals surface area (Å²) >= 11 is 0. The van der Waals surface area contributed by atoms with Crippen molar-refractivity contribution in [2.45, 2.75) is 84.2 Å². The molecule has 0 saturated heterocycles. The molecule has 53 heavy (non-hydrogen) atoms. The Bertz CT molecular complexity index is 2560. The molecular formula is C48H50IrN2OSi-2. The fraction of sp³-hybridized carbons (Fsp3) is 0.292. The van der Waals surface area contributed by atoms with Gasteiger partial charge in [-0.2, -0.15) is 0 Å². The third-order valence-corrected chi connectivity index (χ3v) is 12.2. The molecule has 0 spiro atoms. The molecule has 3 aromatic heterocycles. The Hall–Kier alpha value is -4.15. The van der Waals surface area contributed by atoms with E-state index >= 15 is 0 Å². The van der Waals surface area contributed by atoms with Gasteiger partial charge in [-0.3, -0.25) is 0 Å². The molecule has 273 valence electrons. The number of fused-ring (bicyclic) bond motifs is 3. The van der Waals surface area contributed by atoms with Crippen molar-refractivity contribution >= 4 is 35.2 Å². The topological polar surface area (TPSA) is 38.9 Å². The molecule has 5 heteroatoms. The van der Waals surface area contributed by atoms with E-state index in [4.69, 9.17) is 14.0 Å². The van der Waals surface area contributed by atoms with Gasteiger partial charge in [0.05, 0.1) is 13.7 Å². The summed E-state index contributed by atoms with van der Waals surface area (Å²) in [6.07, 6.45) is 6.29. The maximum absolute atomic E-state index is 8.49. The van der Waals surface area contributed by atoms with Crippen LogP contribution in [0.5, 0.6) is 0 Å². The van der Waals surface area contributed by atoms with E-state index in [9.17, 15) is 0 Å². The second kappa shape index (κ2) is 16.1. The van der Waals surface area contributed by atoms with Crippen LogP contribution in [0, 0.1) is 18.1 Å². The van der Waals surface area contributed by atoms with Crippen molar-refractivity contribution in [3.63, 3.8) is 0 Å². The molecule has 4 aromatic carbocycles. The Morgan fingerprint density at radius 3 is 2.28 bits per heavy atom. The van der Waals surface area contributed by atoms with Gasteiger partial charge in [0.15, 0.2) is 0 Å². The standard InChI is InChI=1S/C31H28NO.C17H22NSi.Ir/c1-31(2,23-11-6-7-12-23)24-17-18-32-28(20-24)27-14-8-13-26-25-16-15-22(19-29(25)33-30(26)27)21-9-4-3-5-10-21;1-13(2)15-11-16(14-9-7-6-8-10-14)18-12-17(15)19(3,4)5;/h3-5,8-10,13,15-20,23H,6-7,11-12H2,1-2H3;6-9,11-13H,1-5H3;/q2*-1;/i1D3,2D3;13D;. The van der Waals surface area contributed by atoms with Crippen molar-refractivity contribution in [1.82, 2.24) is 9.97 Å². The van der Waals surface area contributed by atoms with Gasteiger partial charge in [0, 0.05) is 47.5 Å². The predicted molar refractivity (Wildman–Crippen MR) is 222 cm³/mol. The number of pyridine rings is 2. The number of nitrogens with zero attached hydrogens (tertiary/aromatic N) is 2. The third-order valence-electron chi connectivity index (χ3n) is 10.2. The van der Waals surface area contributed by atoms with E-state index in [0.29, 0.717) is 35.3 Å². The summed E-state index contributed by atoms with van der Waals surface area (Å²) in [6, 6.07) is 39.4. The van der Waals surface area contributed by atoms with E-state index < -0.39 is 39.0 Å². The van der Waals surface area contributed by atoms with E-state index in [0.717, 1.165) is 51.6 Å². The molecule has 8 rings (SSSR count). The zero-order valence-electron chi connectivity index (χ0n) is 38.0. The molecule has 7 aromatic rings. The number of rotatable bonds is 7. The first kappa shape index (κ1) is 30.2. The Labute approximate surface area is 340 Å². The van der Waals surface area contributed by atoms with Gasteiger partial charge in [0.1, 0.15) is 5.58 Å². The van der Waals surface area contributed by atoms with E-state index in [2.05, 4.69) is 53.9 Å². The minimum atomic E-state index is -2.73. The summed E-state index contributed by atoms with van der Waals surface area (Å²) in [4.78, 5) is 9.15. The van der Waals surface area contributed by atoms with E-state index in [1.807, 2.05) is 92.8 Å². The SMILES string of the molecule is [2H]C(C)(C)c1cc(-c2[c-]cccc2)ncc1[Si](C)(C)C.[2H]C([2H])([2H])C(c1ccnc(-c2[c-]ccc3c2oc2cc(-c4ccccc4)ccc23)c1)(C1CCCC1)C([2H])([2H])[2H].[Ir]. The summed E-state index contributed by atoms with van der Waals surface area (Å²) in [6.45, 7) is 5.34. The number of benzene rings is 4. The monoisotopic (exact) mass is 898 g/mol. The maximum atomic E-state index is 8.49. The maximum Gasteiger partial charge on any atom is 0.121 e. The molecule has 3 nitrogen and oxygen atoms in total. The second-order valence-corrected chi connectivity index (χ2v) is 20.2. The molecule has 1 radical (unpaired) electrons. The van der Waals surface area contributed by atoms with Crippen molar-refractivity contribution in [2.75, 3.05) is 0 Å². The van der Waals surface area contributed by atoms with E-state index in [-0.39, 0.29) is 25.7 Å². The Kier molecular flexibility index (Phi) is 9.16. The summed E-state index contributed by atoms with van der Waals surface area (Å²) in [5.41, 5.74) is 5.70. The molecule has 0 amide bonds. The minimum Gasteiger partial charge on any atom is -0.501 e. The average Bonchev–Trinajstić information content (AvgIpc) is 3.86. The molecular weight excluding hydrogens is 841 g/mol. The van der Waals surface area contributed by atoms with Crippen LogP contribution in [0.25, 0.3) is 55.6 Å². The van der Waals surface area contributed by atoms with Gasteiger partial charge in [-0.1, -0.05) is 131 Å². The number of hydrogen-bond donors (Lipinski definition) is 0. The van der Waals surface area contributed by atoms with Crippen molar-refractivity contribution in [1.29, 1.82) is 0 Å². The summed E-state index contributed by atoms with van der Waals surface area (Å²) < 4.78 is 65.8. The van der Waals surface area contributed by atoms with Crippen LogP contribution in [0.1, 0.15) is 79.9 Å². The Morgan fingerprint density at radius 1 is 0.811 bits per heavy atom. The van der Waals surface area contributed by atoms with Crippen molar-refractivity contribution in [2.24, 2.45) is 5.92 Å². The van der Waals surface area contributed by atoms with Crippen LogP contribution >= 0.6 is 0 Å². The Morgan fingerprint density at radius 2 is 1.58 bits per heavy atom. The zero-order valence-corrected chi connectivity index (χ0v) is 34.4. The fourth-order valence-corrected chi connectivity index (χ4v) is 8.90. The van der Waals surface area contributed by atoms with Gasteiger partial charge >= 0.3 is 0 Å². The molecule has 0 aliphatic heterocycles. The zero-order chi connectivity index (χ0) is 42.4. The van der Waals surface area contributed by atoms with Crippen LogP contribution in [-0.4, -0.2) is 18.0 Å². The van der Waals surface area contributed by atoms with Crippen LogP contribution in [0.2, 0.25) is 19.6 Å². The first-order valence-electron chi connectivity index (χ1n) is 21.7. The molecule has 0 N–H and O–H groups in total. The number of hydrogen-bond acceptors (Lipinski definition) is 3. The predicted octanol–water partition coefficient (Wildman–Crippen LogP) is 12.8. The quantitative estimate of drug-likeness (QED) is 0.118. The number of aromatic nitrogens is 2. The van der Waals surface area contributed by atoms with Gasteiger partial charge in [0.2, 0.25) is 0 Å². The normalized spacial score (nSPS) is 16.2. The second-order valence-electron chi connectivity index (χ2n) is 15.1. The van der Waals surface area contributed by atoms with E-state index in [1.54, 1.807) is 18.2 Å². The van der Waals surface area contributed by atoms with Crippen LogP contribution < -0.4 is 5.19 Å². The van der Waals surface area contributed by atoms with Crippen molar-refractivity contribution < 1.29 is 34.1 Å². The molecule has 0 bridgehead atoms. The van der Waals surface area contributed by atoms with Gasteiger partial charge < -0.3 is 14.4 Å². The molecule has 1 aliphatic rings. The largest absolute Gasteiger partial charge is 0.501 e. The fourth-order valence-electron chi connectivity index (χ4n) is 7.32. The smallest absolute Gasteiger partial charge is 0.121 e. The van der Waals surface area contributed by atoms with Gasteiger partial charge in [-0.05, 0) is 75.5 Å².